The van der Waals surface area contributed by atoms with Crippen molar-refractivity contribution in [3.8, 4) is 0 Å². The SMILES string of the molecule is CCCn1nc(C)cc1NC(=O)C1CC(=O)OC12CCCCC2. The molecule has 0 bridgehead atoms. The first-order chi connectivity index (χ1) is 11.0. The molecular weight excluding hydrogens is 294 g/mol. The monoisotopic (exact) mass is 319 g/mol. The van der Waals surface area contributed by atoms with E-state index in [1.54, 1.807) is 0 Å². The van der Waals surface area contributed by atoms with E-state index in [-0.39, 0.29) is 24.2 Å². The molecule has 1 spiro atoms. The third kappa shape index (κ3) is 3.12. The van der Waals surface area contributed by atoms with E-state index in [1.807, 2.05) is 17.7 Å². The second-order valence-corrected chi connectivity index (χ2v) is 6.74. The van der Waals surface area contributed by atoms with Gasteiger partial charge in [-0.15, -0.1) is 0 Å². The van der Waals surface area contributed by atoms with Gasteiger partial charge in [-0.25, -0.2) is 4.68 Å². The Morgan fingerprint density at radius 1 is 1.43 bits per heavy atom. The van der Waals surface area contributed by atoms with Gasteiger partial charge < -0.3 is 10.1 Å². The normalized spacial score (nSPS) is 23.0. The molecule has 2 heterocycles. The highest BCUT2D eigenvalue weighted by atomic mass is 16.6. The fourth-order valence-corrected chi connectivity index (χ4v) is 3.87. The molecule has 1 aliphatic heterocycles. The first kappa shape index (κ1) is 16.0. The van der Waals surface area contributed by atoms with Crippen molar-refractivity contribution in [1.82, 2.24) is 9.78 Å². The molecule has 0 radical (unpaired) electrons. The summed E-state index contributed by atoms with van der Waals surface area (Å²) in [5, 5.41) is 7.38. The van der Waals surface area contributed by atoms with Crippen molar-refractivity contribution in [2.75, 3.05) is 5.32 Å². The van der Waals surface area contributed by atoms with Crippen LogP contribution >= 0.6 is 0 Å². The molecule has 1 aromatic heterocycles. The second-order valence-electron chi connectivity index (χ2n) is 6.74. The van der Waals surface area contributed by atoms with Crippen LogP contribution in [0.25, 0.3) is 0 Å². The van der Waals surface area contributed by atoms with E-state index in [4.69, 9.17) is 4.74 Å². The van der Waals surface area contributed by atoms with Crippen LogP contribution < -0.4 is 5.32 Å². The minimum atomic E-state index is -0.579. The average Bonchev–Trinajstić information content (AvgIpc) is 3.00. The maximum Gasteiger partial charge on any atom is 0.307 e. The van der Waals surface area contributed by atoms with E-state index in [1.165, 1.54) is 0 Å². The highest BCUT2D eigenvalue weighted by Gasteiger charge is 2.52. The highest BCUT2D eigenvalue weighted by molar-refractivity contribution is 5.96. The lowest BCUT2D eigenvalue weighted by molar-refractivity contribution is -0.153. The standard InChI is InChI=1S/C17H25N3O3/c1-3-9-20-14(10-12(2)19-20)18-16(22)13-11-15(21)23-17(13)7-5-4-6-8-17/h10,13H,3-9,11H2,1-2H3,(H,18,22). The van der Waals surface area contributed by atoms with Crippen molar-refractivity contribution in [3.63, 3.8) is 0 Å². The van der Waals surface area contributed by atoms with Crippen LogP contribution in [-0.4, -0.2) is 27.3 Å². The van der Waals surface area contributed by atoms with Crippen molar-refractivity contribution in [2.45, 2.75) is 70.9 Å². The summed E-state index contributed by atoms with van der Waals surface area (Å²) in [6.45, 7) is 4.74. The summed E-state index contributed by atoms with van der Waals surface area (Å²) >= 11 is 0. The summed E-state index contributed by atoms with van der Waals surface area (Å²) < 4.78 is 7.44. The largest absolute Gasteiger partial charge is 0.458 e. The maximum atomic E-state index is 12.8. The van der Waals surface area contributed by atoms with Crippen LogP contribution in [0.5, 0.6) is 0 Å². The van der Waals surface area contributed by atoms with Crippen LogP contribution in [0.2, 0.25) is 0 Å². The van der Waals surface area contributed by atoms with Crippen LogP contribution in [0.3, 0.4) is 0 Å². The number of aromatic nitrogens is 2. The van der Waals surface area contributed by atoms with Gasteiger partial charge in [-0.3, -0.25) is 9.59 Å². The number of rotatable bonds is 4. The van der Waals surface area contributed by atoms with Gasteiger partial charge in [-0.2, -0.15) is 5.10 Å². The van der Waals surface area contributed by atoms with Gasteiger partial charge in [-0.05, 0) is 39.0 Å². The van der Waals surface area contributed by atoms with E-state index in [0.29, 0.717) is 5.82 Å². The Morgan fingerprint density at radius 3 is 2.87 bits per heavy atom. The molecule has 6 nitrogen and oxygen atoms in total. The number of hydrogen-bond acceptors (Lipinski definition) is 4. The van der Waals surface area contributed by atoms with Gasteiger partial charge in [0.2, 0.25) is 5.91 Å². The number of carbonyl (C=O) groups excluding carboxylic acids is 2. The Kier molecular flexibility index (Phi) is 4.41. The zero-order chi connectivity index (χ0) is 16.4. The average molecular weight is 319 g/mol. The fraction of sp³-hybridized carbons (Fsp3) is 0.706. The summed E-state index contributed by atoms with van der Waals surface area (Å²) in [6.07, 6.45) is 5.91. The number of hydrogen-bond donors (Lipinski definition) is 1. The molecule has 1 amide bonds. The third-order valence-corrected chi connectivity index (χ3v) is 4.93. The molecule has 23 heavy (non-hydrogen) atoms. The van der Waals surface area contributed by atoms with Crippen molar-refractivity contribution in [2.24, 2.45) is 5.92 Å². The van der Waals surface area contributed by atoms with E-state index in [2.05, 4.69) is 17.3 Å². The van der Waals surface area contributed by atoms with Gasteiger partial charge in [0.15, 0.2) is 0 Å². The van der Waals surface area contributed by atoms with Gasteiger partial charge in [0.1, 0.15) is 11.4 Å². The Hall–Kier alpha value is -1.85. The van der Waals surface area contributed by atoms with E-state index < -0.39 is 5.60 Å². The zero-order valence-electron chi connectivity index (χ0n) is 13.9. The number of anilines is 1. The van der Waals surface area contributed by atoms with Crippen molar-refractivity contribution < 1.29 is 14.3 Å². The lowest BCUT2D eigenvalue weighted by Gasteiger charge is -2.35. The summed E-state index contributed by atoms with van der Waals surface area (Å²) in [7, 11) is 0. The smallest absolute Gasteiger partial charge is 0.307 e. The van der Waals surface area contributed by atoms with Crippen LogP contribution in [-0.2, 0) is 20.9 Å². The molecule has 6 heteroatoms. The molecule has 126 valence electrons. The minimum Gasteiger partial charge on any atom is -0.458 e. The number of esters is 1. The Bertz CT molecular complexity index is 602. The Morgan fingerprint density at radius 2 is 2.17 bits per heavy atom. The van der Waals surface area contributed by atoms with Crippen molar-refractivity contribution in [3.05, 3.63) is 11.8 Å². The molecule has 1 N–H and O–H groups in total. The molecule has 1 atom stereocenters. The quantitative estimate of drug-likeness (QED) is 0.866. The summed E-state index contributed by atoms with van der Waals surface area (Å²) in [4.78, 5) is 24.7. The molecule has 1 unspecified atom stereocenters. The van der Waals surface area contributed by atoms with Gasteiger partial charge in [-0.1, -0.05) is 13.3 Å². The van der Waals surface area contributed by atoms with E-state index >= 15 is 0 Å². The molecule has 1 saturated carbocycles. The fourth-order valence-electron chi connectivity index (χ4n) is 3.87. The number of ether oxygens (including phenoxy) is 1. The first-order valence-corrected chi connectivity index (χ1v) is 8.61. The Labute approximate surface area is 136 Å². The van der Waals surface area contributed by atoms with E-state index in [0.717, 1.165) is 50.8 Å². The molecule has 2 fully saturated rings. The highest BCUT2D eigenvalue weighted by Crippen LogP contribution is 2.44. The Balaban J connectivity index is 1.78. The number of carbonyl (C=O) groups is 2. The van der Waals surface area contributed by atoms with Crippen LogP contribution in [0.1, 0.15) is 57.6 Å². The zero-order valence-corrected chi connectivity index (χ0v) is 13.9. The number of aryl methyl sites for hydroxylation is 2. The maximum absolute atomic E-state index is 12.8. The lowest BCUT2D eigenvalue weighted by atomic mass is 9.75. The molecule has 1 saturated heterocycles. The number of nitrogens with zero attached hydrogens (tertiary/aromatic N) is 2. The van der Waals surface area contributed by atoms with Gasteiger partial charge >= 0.3 is 5.97 Å². The summed E-state index contributed by atoms with van der Waals surface area (Å²) in [5.74, 6) is -0.0412. The number of nitrogens with one attached hydrogen (secondary N) is 1. The minimum absolute atomic E-state index is 0.116. The third-order valence-electron chi connectivity index (χ3n) is 4.93. The van der Waals surface area contributed by atoms with Crippen LogP contribution in [0, 0.1) is 12.8 Å². The van der Waals surface area contributed by atoms with Crippen molar-refractivity contribution in [1.29, 1.82) is 0 Å². The van der Waals surface area contributed by atoms with Crippen LogP contribution in [0.15, 0.2) is 6.07 Å². The molecule has 3 rings (SSSR count). The van der Waals surface area contributed by atoms with E-state index in [9.17, 15) is 9.59 Å². The predicted octanol–water partition coefficient (Wildman–Crippen LogP) is 2.81. The summed E-state index contributed by atoms with van der Waals surface area (Å²) in [6, 6.07) is 1.87. The molecule has 0 aromatic carbocycles. The molecule has 1 aliphatic carbocycles. The van der Waals surface area contributed by atoms with Gasteiger partial charge in [0.05, 0.1) is 18.0 Å². The molecule has 2 aliphatic rings. The van der Waals surface area contributed by atoms with Gasteiger partial charge in [0.25, 0.3) is 0 Å². The summed E-state index contributed by atoms with van der Waals surface area (Å²) in [5.41, 5.74) is 0.296. The predicted molar refractivity (Wildman–Crippen MR) is 85.9 cm³/mol. The number of amides is 1. The first-order valence-electron chi connectivity index (χ1n) is 8.61. The molecular formula is C17H25N3O3. The molecule has 1 aromatic rings. The second kappa shape index (κ2) is 6.34. The lowest BCUT2D eigenvalue weighted by Crippen LogP contribution is -2.43. The topological polar surface area (TPSA) is 73.2 Å². The van der Waals surface area contributed by atoms with Gasteiger partial charge in [0, 0.05) is 12.6 Å². The van der Waals surface area contributed by atoms with Crippen molar-refractivity contribution >= 4 is 17.7 Å². The van der Waals surface area contributed by atoms with Crippen LogP contribution in [0.4, 0.5) is 5.82 Å².